The number of anilines is 1. The average Bonchev–Trinajstić information content (AvgIpc) is 3.58. The molecule has 0 atom stereocenters. The summed E-state index contributed by atoms with van der Waals surface area (Å²) in [6.07, 6.45) is 0. The number of nitrogens with one attached hydrogen (secondary N) is 2. The second-order valence-corrected chi connectivity index (χ2v) is 15.5. The van der Waals surface area contributed by atoms with Crippen LogP contribution in [0.1, 0.15) is 16.1 Å². The van der Waals surface area contributed by atoms with Gasteiger partial charge in [-0.05, 0) is 49.4 Å². The summed E-state index contributed by atoms with van der Waals surface area (Å²) in [4.78, 5) is 15.1. The summed E-state index contributed by atoms with van der Waals surface area (Å²) >= 11 is 0. The zero-order valence-corrected chi connectivity index (χ0v) is 31.5. The zero-order valence-electron chi connectivity index (χ0n) is 29.8. The third-order valence-electron chi connectivity index (χ3n) is 8.14. The lowest BCUT2D eigenvalue weighted by atomic mass is 10.1. The number of benzene rings is 4. The molecule has 14 nitrogen and oxygen atoms in total. The zero-order chi connectivity index (χ0) is 38.0. The topological polar surface area (TPSA) is 184 Å². The number of fused-ring (bicyclic) bond motifs is 1. The monoisotopic (exact) mass is 764 g/mol. The lowest BCUT2D eigenvalue weighted by Crippen LogP contribution is -2.28. The van der Waals surface area contributed by atoms with Gasteiger partial charge >= 0.3 is 0 Å². The van der Waals surface area contributed by atoms with E-state index in [1.807, 2.05) is 68.4 Å². The largest absolute Gasteiger partial charge is 0.378 e. The van der Waals surface area contributed by atoms with E-state index in [4.69, 9.17) is 19.3 Å². The first-order valence-corrected chi connectivity index (χ1v) is 19.9. The molecule has 0 saturated heterocycles. The van der Waals surface area contributed by atoms with Gasteiger partial charge in [0.05, 0.1) is 60.8 Å². The van der Waals surface area contributed by atoms with Gasteiger partial charge in [-0.25, -0.2) is 31.4 Å². The van der Waals surface area contributed by atoms with Gasteiger partial charge < -0.3 is 24.4 Å². The summed E-state index contributed by atoms with van der Waals surface area (Å²) in [5.74, 6) is -0.395. The van der Waals surface area contributed by atoms with Crippen molar-refractivity contribution >= 4 is 42.4 Å². The number of aryl methyl sites for hydroxylation is 1. The molecule has 0 aliphatic rings. The Morgan fingerprint density at radius 2 is 1.38 bits per heavy atom. The van der Waals surface area contributed by atoms with Gasteiger partial charge in [-0.3, -0.25) is 4.79 Å². The molecular formula is C37H44N6O8S2. The Kier molecular flexibility index (Phi) is 13.3. The van der Waals surface area contributed by atoms with Crippen LogP contribution in [0.2, 0.25) is 0 Å². The van der Waals surface area contributed by atoms with Crippen molar-refractivity contribution in [3.63, 3.8) is 0 Å². The summed E-state index contributed by atoms with van der Waals surface area (Å²) in [5.41, 5.74) is 4.22. The minimum Gasteiger partial charge on any atom is -0.378 e. The fraction of sp³-hybridized carbons (Fsp3) is 0.297. The molecule has 0 aliphatic heterocycles. The number of carbonyl (C=O) groups is 1. The van der Waals surface area contributed by atoms with Crippen LogP contribution in [0, 0.1) is 6.92 Å². The minimum atomic E-state index is -3.86. The summed E-state index contributed by atoms with van der Waals surface area (Å²) in [6.45, 7) is 3.97. The number of primary sulfonamides is 1. The first-order valence-electron chi connectivity index (χ1n) is 16.9. The van der Waals surface area contributed by atoms with Gasteiger partial charge in [0.15, 0.2) is 5.69 Å². The molecule has 1 amide bonds. The van der Waals surface area contributed by atoms with Gasteiger partial charge in [0.25, 0.3) is 5.91 Å². The fourth-order valence-electron chi connectivity index (χ4n) is 5.48. The van der Waals surface area contributed by atoms with E-state index in [-0.39, 0.29) is 48.4 Å². The SMILES string of the molecule is Cc1ccc(-c2cc(C(=O)NCCOCCOCCOCCNS(=O)(=O)c3cccc4c(N(C)C)cccc34)nn2-c2ccc(S(N)(=O)=O)cc2)cc1. The lowest BCUT2D eigenvalue weighted by Gasteiger charge is -2.17. The Bertz CT molecular complexity index is 2220. The Morgan fingerprint density at radius 1 is 0.774 bits per heavy atom. The van der Waals surface area contributed by atoms with Crippen LogP contribution in [0.5, 0.6) is 0 Å². The van der Waals surface area contributed by atoms with Crippen molar-refractivity contribution in [1.82, 2.24) is 19.8 Å². The summed E-state index contributed by atoms with van der Waals surface area (Å²) in [6, 6.07) is 26.2. The molecule has 1 aromatic heterocycles. The molecule has 0 aliphatic carbocycles. The van der Waals surface area contributed by atoms with Crippen molar-refractivity contribution in [1.29, 1.82) is 0 Å². The predicted octanol–water partition coefficient (Wildman–Crippen LogP) is 3.47. The van der Waals surface area contributed by atoms with Gasteiger partial charge in [0.2, 0.25) is 20.0 Å². The lowest BCUT2D eigenvalue weighted by molar-refractivity contribution is 0.0162. The van der Waals surface area contributed by atoms with Crippen LogP contribution in [-0.2, 0) is 34.3 Å². The number of aromatic nitrogens is 2. The maximum absolute atomic E-state index is 13.0. The van der Waals surface area contributed by atoms with E-state index < -0.39 is 26.0 Å². The van der Waals surface area contributed by atoms with Crippen LogP contribution in [0.15, 0.2) is 101 Å². The van der Waals surface area contributed by atoms with E-state index in [0.717, 1.165) is 22.2 Å². The summed E-state index contributed by atoms with van der Waals surface area (Å²) in [5, 5.41) is 14.1. The quantitative estimate of drug-likeness (QED) is 0.105. The van der Waals surface area contributed by atoms with E-state index in [9.17, 15) is 21.6 Å². The van der Waals surface area contributed by atoms with Crippen LogP contribution in [-0.4, -0.2) is 99.3 Å². The molecule has 0 spiro atoms. The molecule has 0 bridgehead atoms. The van der Waals surface area contributed by atoms with Crippen molar-refractivity contribution in [3.8, 4) is 16.9 Å². The second kappa shape index (κ2) is 17.9. The molecule has 4 N–H and O–H groups in total. The van der Waals surface area contributed by atoms with E-state index in [1.165, 1.54) is 12.1 Å². The van der Waals surface area contributed by atoms with Crippen molar-refractivity contribution in [2.24, 2.45) is 5.14 Å². The van der Waals surface area contributed by atoms with Gasteiger partial charge in [0, 0.05) is 49.2 Å². The molecule has 0 radical (unpaired) electrons. The minimum absolute atomic E-state index is 0.0302. The Hall–Kier alpha value is -4.68. The Morgan fingerprint density at radius 3 is 2.02 bits per heavy atom. The molecule has 53 heavy (non-hydrogen) atoms. The highest BCUT2D eigenvalue weighted by atomic mass is 32.2. The predicted molar refractivity (Wildman–Crippen MR) is 203 cm³/mol. The third-order valence-corrected chi connectivity index (χ3v) is 10.6. The fourth-order valence-corrected chi connectivity index (χ4v) is 7.23. The number of sulfonamides is 2. The number of nitrogens with two attached hydrogens (primary N) is 1. The first kappa shape index (κ1) is 39.5. The normalized spacial score (nSPS) is 11.9. The van der Waals surface area contributed by atoms with E-state index in [0.29, 0.717) is 36.6 Å². The van der Waals surface area contributed by atoms with Gasteiger partial charge in [-0.2, -0.15) is 5.10 Å². The molecule has 16 heteroatoms. The highest BCUT2D eigenvalue weighted by Crippen LogP contribution is 2.30. The molecule has 0 fully saturated rings. The Labute approximate surface area is 309 Å². The maximum Gasteiger partial charge on any atom is 0.271 e. The highest BCUT2D eigenvalue weighted by Gasteiger charge is 2.19. The van der Waals surface area contributed by atoms with Gasteiger partial charge in [0.1, 0.15) is 0 Å². The van der Waals surface area contributed by atoms with Crippen molar-refractivity contribution in [2.75, 3.05) is 71.7 Å². The molecule has 5 aromatic rings. The van der Waals surface area contributed by atoms with Crippen molar-refractivity contribution in [2.45, 2.75) is 16.7 Å². The number of hydrogen-bond donors (Lipinski definition) is 3. The van der Waals surface area contributed by atoms with Crippen LogP contribution < -0.4 is 20.1 Å². The summed E-state index contributed by atoms with van der Waals surface area (Å²) < 4.78 is 70.3. The number of hydrogen-bond acceptors (Lipinski definition) is 10. The molecule has 0 unspecified atom stereocenters. The third kappa shape index (κ3) is 10.5. The van der Waals surface area contributed by atoms with E-state index >= 15 is 0 Å². The summed E-state index contributed by atoms with van der Waals surface area (Å²) in [7, 11) is -3.77. The molecule has 1 heterocycles. The molecular weight excluding hydrogens is 721 g/mol. The first-order chi connectivity index (χ1) is 25.3. The molecule has 4 aromatic carbocycles. The van der Waals surface area contributed by atoms with Gasteiger partial charge in [-0.15, -0.1) is 0 Å². The van der Waals surface area contributed by atoms with Crippen LogP contribution in [0.3, 0.4) is 0 Å². The smallest absolute Gasteiger partial charge is 0.271 e. The molecule has 0 saturated carbocycles. The number of rotatable bonds is 19. The van der Waals surface area contributed by atoms with E-state index in [2.05, 4.69) is 15.1 Å². The van der Waals surface area contributed by atoms with Gasteiger partial charge in [-0.1, -0.05) is 54.1 Å². The average molecular weight is 765 g/mol. The van der Waals surface area contributed by atoms with Crippen molar-refractivity contribution < 1.29 is 35.8 Å². The van der Waals surface area contributed by atoms with Crippen LogP contribution >= 0.6 is 0 Å². The maximum atomic E-state index is 13.0. The number of carbonyl (C=O) groups excluding carboxylic acids is 1. The standard InChI is InChI=1S/C37H44N6O8S2/c1-27-10-12-28(13-11-27)35-26-33(41-43(35)29-14-16-30(17-15-29)52(38,45)46)37(44)39-18-20-49-22-24-51-25-23-50-21-19-40-53(47,48)36-9-5-6-31-32(36)7-4-8-34(31)42(2)3/h4-17,26,40H,18-25H2,1-3H3,(H,39,44)(H2,38,45,46). The second-order valence-electron chi connectivity index (χ2n) is 12.2. The van der Waals surface area contributed by atoms with E-state index in [1.54, 1.807) is 41.1 Å². The van der Waals surface area contributed by atoms with Crippen LogP contribution in [0.25, 0.3) is 27.7 Å². The molecule has 5 rings (SSSR count). The number of ether oxygens (including phenoxy) is 3. The Balaban J connectivity index is 0.993. The molecule has 282 valence electrons. The number of nitrogens with zero attached hydrogens (tertiary/aromatic N) is 3. The van der Waals surface area contributed by atoms with Crippen LogP contribution in [0.4, 0.5) is 5.69 Å². The van der Waals surface area contributed by atoms with Crippen molar-refractivity contribution in [3.05, 3.63) is 102 Å². The number of amides is 1. The highest BCUT2D eigenvalue weighted by molar-refractivity contribution is 7.89.